The van der Waals surface area contributed by atoms with Gasteiger partial charge in [-0.2, -0.15) is 0 Å². The Balaban J connectivity index is 1.76. The minimum Gasteiger partial charge on any atom is -0.534 e. The van der Waals surface area contributed by atoms with Crippen LogP contribution in [0.3, 0.4) is 0 Å². The zero-order valence-electron chi connectivity index (χ0n) is 13.0. The van der Waals surface area contributed by atoms with Crippen LogP contribution in [0, 0.1) is 0 Å². The number of nitrogens with zero attached hydrogens (tertiary/aromatic N) is 3. The molecule has 1 aromatic heterocycles. The van der Waals surface area contributed by atoms with E-state index in [4.69, 9.17) is 9.31 Å². The molecule has 0 radical (unpaired) electrons. The van der Waals surface area contributed by atoms with Gasteiger partial charge in [-0.05, 0) is 27.0 Å². The standard InChI is InChI=1S/C15H22BN3O2/c1-12-15(2,3)21-16(20-12)13-9-14(11-17-10-13)19-7-5-18(4)6-8-19/h9-11H,1,5-8H2,2-4H3. The minimum absolute atomic E-state index is 0.410. The summed E-state index contributed by atoms with van der Waals surface area (Å²) in [6, 6.07) is 2.11. The number of likely N-dealkylation sites (N-methyl/N-ethyl adjacent to an activating group) is 1. The van der Waals surface area contributed by atoms with E-state index in [0.717, 1.165) is 37.3 Å². The lowest BCUT2D eigenvalue weighted by atomic mass is 9.80. The van der Waals surface area contributed by atoms with Gasteiger partial charge in [0.15, 0.2) is 0 Å². The lowest BCUT2D eigenvalue weighted by Gasteiger charge is -2.34. The Morgan fingerprint density at radius 2 is 1.95 bits per heavy atom. The average molecular weight is 287 g/mol. The van der Waals surface area contributed by atoms with E-state index in [1.54, 1.807) is 6.20 Å². The molecule has 0 unspecified atom stereocenters. The maximum absolute atomic E-state index is 5.92. The Morgan fingerprint density at radius 3 is 2.57 bits per heavy atom. The summed E-state index contributed by atoms with van der Waals surface area (Å²) in [5.74, 6) is 0.664. The fraction of sp³-hybridized carbons (Fsp3) is 0.533. The molecule has 2 fully saturated rings. The molecule has 0 amide bonds. The molecule has 3 heterocycles. The first-order valence-electron chi connectivity index (χ1n) is 7.38. The fourth-order valence-electron chi connectivity index (χ4n) is 2.58. The van der Waals surface area contributed by atoms with Crippen molar-refractivity contribution in [2.24, 2.45) is 0 Å². The summed E-state index contributed by atoms with van der Waals surface area (Å²) in [5, 5.41) is 0. The summed E-state index contributed by atoms with van der Waals surface area (Å²) < 4.78 is 11.7. The van der Waals surface area contributed by atoms with Gasteiger partial charge in [0.05, 0.1) is 17.6 Å². The molecular weight excluding hydrogens is 265 g/mol. The van der Waals surface area contributed by atoms with Gasteiger partial charge in [0, 0.05) is 37.8 Å². The van der Waals surface area contributed by atoms with E-state index in [-0.39, 0.29) is 0 Å². The summed E-state index contributed by atoms with van der Waals surface area (Å²) in [6.07, 6.45) is 3.71. The van der Waals surface area contributed by atoms with Gasteiger partial charge in [0.2, 0.25) is 0 Å². The predicted octanol–water partition coefficient (Wildman–Crippen LogP) is 0.868. The molecule has 0 spiro atoms. The van der Waals surface area contributed by atoms with Gasteiger partial charge in [-0.15, -0.1) is 0 Å². The van der Waals surface area contributed by atoms with Gasteiger partial charge in [-0.1, -0.05) is 6.58 Å². The Kier molecular flexibility index (Phi) is 3.67. The summed E-state index contributed by atoms with van der Waals surface area (Å²) in [4.78, 5) is 9.04. The molecule has 0 atom stereocenters. The number of anilines is 1. The molecule has 0 N–H and O–H groups in total. The second-order valence-corrected chi connectivity index (χ2v) is 6.27. The quantitative estimate of drug-likeness (QED) is 0.755. The molecule has 2 aliphatic heterocycles. The molecule has 1 aromatic rings. The van der Waals surface area contributed by atoms with Crippen LogP contribution in [0.1, 0.15) is 13.8 Å². The summed E-state index contributed by atoms with van der Waals surface area (Å²) >= 11 is 0. The van der Waals surface area contributed by atoms with Crippen molar-refractivity contribution in [2.45, 2.75) is 19.4 Å². The van der Waals surface area contributed by atoms with Gasteiger partial charge in [0.25, 0.3) is 0 Å². The number of hydrogen-bond donors (Lipinski definition) is 0. The van der Waals surface area contributed by atoms with Crippen molar-refractivity contribution in [3.05, 3.63) is 30.8 Å². The molecule has 6 heteroatoms. The van der Waals surface area contributed by atoms with E-state index in [2.05, 4.69) is 34.5 Å². The van der Waals surface area contributed by atoms with E-state index in [9.17, 15) is 0 Å². The largest absolute Gasteiger partial charge is 0.565 e. The van der Waals surface area contributed by atoms with Crippen LogP contribution >= 0.6 is 0 Å². The first-order valence-corrected chi connectivity index (χ1v) is 7.38. The van der Waals surface area contributed by atoms with Crippen molar-refractivity contribution in [2.75, 3.05) is 38.1 Å². The predicted molar refractivity (Wildman–Crippen MR) is 84.7 cm³/mol. The van der Waals surface area contributed by atoms with Crippen molar-refractivity contribution >= 4 is 18.3 Å². The minimum atomic E-state index is -0.450. The van der Waals surface area contributed by atoms with E-state index >= 15 is 0 Å². The molecule has 0 aromatic carbocycles. The van der Waals surface area contributed by atoms with Gasteiger partial charge in [-0.25, -0.2) is 0 Å². The van der Waals surface area contributed by atoms with Gasteiger partial charge >= 0.3 is 7.12 Å². The van der Waals surface area contributed by atoms with Crippen molar-refractivity contribution < 1.29 is 9.31 Å². The zero-order chi connectivity index (χ0) is 15.0. The topological polar surface area (TPSA) is 37.8 Å². The fourth-order valence-corrected chi connectivity index (χ4v) is 2.58. The van der Waals surface area contributed by atoms with Gasteiger partial charge < -0.3 is 19.1 Å². The van der Waals surface area contributed by atoms with Crippen LogP contribution in [0.4, 0.5) is 5.69 Å². The molecule has 0 bridgehead atoms. The van der Waals surface area contributed by atoms with E-state index in [1.807, 2.05) is 20.0 Å². The first kappa shape index (κ1) is 14.4. The highest BCUT2D eigenvalue weighted by Crippen LogP contribution is 2.29. The number of hydrogen-bond acceptors (Lipinski definition) is 5. The second-order valence-electron chi connectivity index (χ2n) is 6.27. The number of aromatic nitrogens is 1. The van der Waals surface area contributed by atoms with Gasteiger partial charge in [0.1, 0.15) is 5.60 Å². The molecule has 5 nitrogen and oxygen atoms in total. The molecule has 112 valence electrons. The third kappa shape index (κ3) is 2.92. The molecule has 2 saturated heterocycles. The molecule has 2 aliphatic rings. The van der Waals surface area contributed by atoms with Crippen molar-refractivity contribution in [3.8, 4) is 0 Å². The average Bonchev–Trinajstić information content (AvgIpc) is 2.74. The third-order valence-electron chi connectivity index (χ3n) is 4.21. The third-order valence-corrected chi connectivity index (χ3v) is 4.21. The Hall–Kier alpha value is -1.53. The molecule has 21 heavy (non-hydrogen) atoms. The Bertz CT molecular complexity index is 541. The summed E-state index contributed by atoms with van der Waals surface area (Å²) in [6.45, 7) is 12.0. The normalized spacial score (nSPS) is 22.5. The Labute approximate surface area is 126 Å². The maximum atomic E-state index is 5.92. The van der Waals surface area contributed by atoms with Crippen LogP contribution in [-0.4, -0.2) is 55.8 Å². The van der Waals surface area contributed by atoms with Crippen LogP contribution in [0.2, 0.25) is 0 Å². The highest BCUT2D eigenvalue weighted by molar-refractivity contribution is 6.62. The van der Waals surface area contributed by atoms with Crippen molar-refractivity contribution in [3.63, 3.8) is 0 Å². The lowest BCUT2D eigenvalue weighted by molar-refractivity contribution is 0.173. The number of rotatable bonds is 2. The monoisotopic (exact) mass is 287 g/mol. The Morgan fingerprint density at radius 1 is 1.24 bits per heavy atom. The summed E-state index contributed by atoms with van der Waals surface area (Å²) in [5.41, 5.74) is 1.62. The molecule has 3 rings (SSSR count). The van der Waals surface area contributed by atoms with E-state index in [0.29, 0.717) is 5.76 Å². The van der Waals surface area contributed by atoms with Crippen LogP contribution in [0.5, 0.6) is 0 Å². The van der Waals surface area contributed by atoms with Crippen molar-refractivity contribution in [1.29, 1.82) is 0 Å². The SMILES string of the molecule is C=C1OB(c2cncc(N3CCN(C)CC3)c2)OC1(C)C. The van der Waals surface area contributed by atoms with Crippen LogP contribution in [0.15, 0.2) is 30.8 Å². The van der Waals surface area contributed by atoms with Gasteiger partial charge in [-0.3, -0.25) is 4.98 Å². The summed E-state index contributed by atoms with van der Waals surface area (Å²) in [7, 11) is 1.74. The van der Waals surface area contributed by atoms with Crippen LogP contribution < -0.4 is 10.4 Å². The van der Waals surface area contributed by atoms with Crippen molar-refractivity contribution in [1.82, 2.24) is 9.88 Å². The number of pyridine rings is 1. The van der Waals surface area contributed by atoms with E-state index < -0.39 is 12.7 Å². The number of piperazine rings is 1. The van der Waals surface area contributed by atoms with Crippen LogP contribution in [-0.2, 0) is 9.31 Å². The van der Waals surface area contributed by atoms with Crippen LogP contribution in [0.25, 0.3) is 0 Å². The maximum Gasteiger partial charge on any atom is 0.565 e. The first-order chi connectivity index (χ1) is 9.95. The second kappa shape index (κ2) is 5.35. The lowest BCUT2D eigenvalue weighted by Crippen LogP contribution is -2.45. The zero-order valence-corrected chi connectivity index (χ0v) is 13.0. The molecule has 0 aliphatic carbocycles. The highest BCUT2D eigenvalue weighted by Gasteiger charge is 2.43. The smallest absolute Gasteiger partial charge is 0.534 e. The van der Waals surface area contributed by atoms with E-state index in [1.165, 1.54) is 0 Å². The highest BCUT2D eigenvalue weighted by atomic mass is 16.7. The molecule has 0 saturated carbocycles. The molecular formula is C15H22BN3O2.